The molecule has 82 valence electrons. The van der Waals surface area contributed by atoms with E-state index in [1.165, 1.54) is 12.8 Å². The van der Waals surface area contributed by atoms with Crippen molar-refractivity contribution in [2.75, 3.05) is 20.3 Å². The van der Waals surface area contributed by atoms with Crippen molar-refractivity contribution in [3.05, 3.63) is 0 Å². The molecule has 0 aromatic rings. The van der Waals surface area contributed by atoms with Crippen molar-refractivity contribution < 1.29 is 4.74 Å². The number of hydrogen-bond donors (Lipinski definition) is 1. The summed E-state index contributed by atoms with van der Waals surface area (Å²) in [5.74, 6) is 1.37. The molecule has 0 aromatic heterocycles. The summed E-state index contributed by atoms with van der Waals surface area (Å²) in [6.07, 6.45) is 3.51. The summed E-state index contributed by atoms with van der Waals surface area (Å²) in [6, 6.07) is 0.471. The first kappa shape index (κ1) is 11.5. The van der Waals surface area contributed by atoms with E-state index in [1.807, 2.05) is 0 Å². The Balaban J connectivity index is 2.45. The topological polar surface area (TPSA) is 36.3 Å². The van der Waals surface area contributed by atoms with Crippen LogP contribution in [-0.2, 0) is 4.74 Å². The van der Waals surface area contributed by atoms with E-state index in [0.717, 1.165) is 25.4 Å². The van der Waals surface area contributed by atoms with Crippen molar-refractivity contribution in [3.63, 3.8) is 0 Å². The Morgan fingerprint density at radius 2 is 2.21 bits per heavy atom. The van der Waals surface area contributed by atoms with Gasteiger partial charge in [-0.2, -0.15) is 0 Å². The van der Waals surface area contributed by atoms with Gasteiger partial charge in [-0.3, -0.25) is 5.41 Å². The molecule has 0 saturated heterocycles. The molecule has 14 heavy (non-hydrogen) atoms. The van der Waals surface area contributed by atoms with Crippen LogP contribution in [-0.4, -0.2) is 37.0 Å². The van der Waals surface area contributed by atoms with E-state index in [0.29, 0.717) is 12.0 Å². The van der Waals surface area contributed by atoms with Crippen LogP contribution in [0.25, 0.3) is 0 Å². The van der Waals surface area contributed by atoms with Gasteiger partial charge in [-0.05, 0) is 26.2 Å². The van der Waals surface area contributed by atoms with Crippen molar-refractivity contribution in [1.82, 2.24) is 4.90 Å². The molecule has 1 N–H and O–H groups in total. The van der Waals surface area contributed by atoms with Gasteiger partial charge < -0.3 is 9.64 Å². The Labute approximate surface area is 86.9 Å². The fourth-order valence-corrected chi connectivity index (χ4v) is 1.58. The van der Waals surface area contributed by atoms with Gasteiger partial charge in [-0.25, -0.2) is 0 Å². The minimum Gasteiger partial charge on any atom is -0.383 e. The van der Waals surface area contributed by atoms with E-state index in [1.54, 1.807) is 7.11 Å². The second-order valence-corrected chi connectivity index (χ2v) is 4.10. The third-order valence-corrected chi connectivity index (χ3v) is 2.93. The van der Waals surface area contributed by atoms with Crippen molar-refractivity contribution in [2.45, 2.75) is 39.2 Å². The van der Waals surface area contributed by atoms with Gasteiger partial charge in [-0.1, -0.05) is 6.92 Å². The van der Waals surface area contributed by atoms with Crippen LogP contribution < -0.4 is 0 Å². The normalized spacial score (nSPS) is 17.9. The van der Waals surface area contributed by atoms with Crippen LogP contribution in [0.4, 0.5) is 0 Å². The van der Waals surface area contributed by atoms with Gasteiger partial charge in [0.1, 0.15) is 0 Å². The molecule has 1 fully saturated rings. The van der Waals surface area contributed by atoms with E-state index in [4.69, 9.17) is 10.1 Å². The van der Waals surface area contributed by atoms with E-state index in [9.17, 15) is 0 Å². The van der Waals surface area contributed by atoms with Gasteiger partial charge in [0, 0.05) is 25.6 Å². The molecule has 1 aliphatic rings. The number of nitrogens with one attached hydrogen (secondary N) is 1. The number of ether oxygens (including phenoxy) is 1. The van der Waals surface area contributed by atoms with Crippen LogP contribution >= 0.6 is 0 Å². The van der Waals surface area contributed by atoms with Gasteiger partial charge in [0.05, 0.1) is 12.4 Å². The van der Waals surface area contributed by atoms with Crippen LogP contribution in [0.3, 0.4) is 0 Å². The average molecular weight is 198 g/mol. The average Bonchev–Trinajstić information content (AvgIpc) is 3.00. The molecule has 0 amide bonds. The number of hydrogen-bond acceptors (Lipinski definition) is 2. The standard InChI is InChI=1S/C11H22N2O/c1-4-9(2)13(7-8-14-3)11(12)10-5-6-10/h9-10,12H,4-8H2,1-3H3. The maximum Gasteiger partial charge on any atom is 0.0992 e. The lowest BCUT2D eigenvalue weighted by molar-refractivity contribution is 0.161. The summed E-state index contributed by atoms with van der Waals surface area (Å²) in [6.45, 7) is 5.94. The summed E-state index contributed by atoms with van der Waals surface area (Å²) in [5.41, 5.74) is 0. The van der Waals surface area contributed by atoms with Gasteiger partial charge >= 0.3 is 0 Å². The minimum absolute atomic E-state index is 0.471. The molecule has 0 aromatic carbocycles. The summed E-state index contributed by atoms with van der Waals surface area (Å²) < 4.78 is 5.08. The molecule has 1 saturated carbocycles. The SMILES string of the molecule is CCC(C)N(CCOC)C(=N)C1CC1. The maximum absolute atomic E-state index is 8.05. The quantitative estimate of drug-likeness (QED) is 0.524. The maximum atomic E-state index is 8.05. The zero-order valence-corrected chi connectivity index (χ0v) is 9.55. The molecule has 1 aliphatic carbocycles. The summed E-state index contributed by atoms with van der Waals surface area (Å²) >= 11 is 0. The van der Waals surface area contributed by atoms with Crippen LogP contribution in [0.2, 0.25) is 0 Å². The summed E-state index contributed by atoms with van der Waals surface area (Å²) in [4.78, 5) is 2.20. The monoisotopic (exact) mass is 198 g/mol. The molecule has 0 bridgehead atoms. The number of rotatable bonds is 6. The van der Waals surface area contributed by atoms with Crippen LogP contribution in [0.15, 0.2) is 0 Å². The zero-order valence-electron chi connectivity index (χ0n) is 9.55. The van der Waals surface area contributed by atoms with Crippen molar-refractivity contribution in [3.8, 4) is 0 Å². The molecule has 1 unspecified atom stereocenters. The molecule has 1 rings (SSSR count). The van der Waals surface area contributed by atoms with Gasteiger partial charge in [0.2, 0.25) is 0 Å². The van der Waals surface area contributed by atoms with Crippen molar-refractivity contribution in [2.24, 2.45) is 5.92 Å². The Kier molecular flexibility index (Phi) is 4.39. The first-order chi connectivity index (χ1) is 6.70. The second kappa shape index (κ2) is 5.35. The third kappa shape index (κ3) is 2.98. The lowest BCUT2D eigenvalue weighted by Crippen LogP contribution is -2.41. The highest BCUT2D eigenvalue weighted by Crippen LogP contribution is 2.32. The Bertz CT molecular complexity index is 190. The first-order valence-electron chi connectivity index (χ1n) is 5.54. The largest absolute Gasteiger partial charge is 0.383 e. The second-order valence-electron chi connectivity index (χ2n) is 4.10. The fraction of sp³-hybridized carbons (Fsp3) is 0.909. The van der Waals surface area contributed by atoms with Crippen LogP contribution in [0, 0.1) is 11.3 Å². The molecule has 3 nitrogen and oxygen atoms in total. The van der Waals surface area contributed by atoms with Crippen molar-refractivity contribution >= 4 is 5.84 Å². The molecule has 0 spiro atoms. The lowest BCUT2D eigenvalue weighted by Gasteiger charge is -2.30. The van der Waals surface area contributed by atoms with E-state index in [2.05, 4.69) is 18.7 Å². The highest BCUT2D eigenvalue weighted by molar-refractivity contribution is 5.84. The van der Waals surface area contributed by atoms with E-state index in [-0.39, 0.29) is 0 Å². The molecular formula is C11H22N2O. The molecule has 0 radical (unpaired) electrons. The molecule has 0 aliphatic heterocycles. The Morgan fingerprint density at radius 1 is 1.57 bits per heavy atom. The first-order valence-corrected chi connectivity index (χ1v) is 5.54. The third-order valence-electron chi connectivity index (χ3n) is 2.93. The minimum atomic E-state index is 0.471. The van der Waals surface area contributed by atoms with E-state index < -0.39 is 0 Å². The Hall–Kier alpha value is -0.570. The van der Waals surface area contributed by atoms with Crippen molar-refractivity contribution in [1.29, 1.82) is 5.41 Å². The van der Waals surface area contributed by atoms with Crippen LogP contribution in [0.5, 0.6) is 0 Å². The van der Waals surface area contributed by atoms with E-state index >= 15 is 0 Å². The number of methoxy groups -OCH3 is 1. The molecule has 3 heteroatoms. The predicted octanol–water partition coefficient (Wildman–Crippen LogP) is 2.12. The Morgan fingerprint density at radius 3 is 2.64 bits per heavy atom. The van der Waals surface area contributed by atoms with Crippen LogP contribution in [0.1, 0.15) is 33.1 Å². The van der Waals surface area contributed by atoms with Gasteiger partial charge in [0.15, 0.2) is 0 Å². The molecule has 0 heterocycles. The highest BCUT2D eigenvalue weighted by atomic mass is 16.5. The smallest absolute Gasteiger partial charge is 0.0992 e. The van der Waals surface area contributed by atoms with Gasteiger partial charge in [-0.15, -0.1) is 0 Å². The summed E-state index contributed by atoms with van der Waals surface area (Å²) in [7, 11) is 1.72. The number of amidine groups is 1. The molecule has 1 atom stereocenters. The molecular weight excluding hydrogens is 176 g/mol. The highest BCUT2D eigenvalue weighted by Gasteiger charge is 2.31. The van der Waals surface area contributed by atoms with Gasteiger partial charge in [0.25, 0.3) is 0 Å². The predicted molar refractivity (Wildman–Crippen MR) is 58.8 cm³/mol. The fourth-order valence-electron chi connectivity index (χ4n) is 1.58. The number of nitrogens with zero attached hydrogens (tertiary/aromatic N) is 1. The zero-order chi connectivity index (χ0) is 10.6. The summed E-state index contributed by atoms with van der Waals surface area (Å²) in [5, 5.41) is 8.05. The lowest BCUT2D eigenvalue weighted by atomic mass is 10.2.